The van der Waals surface area contributed by atoms with Crippen LogP contribution in [0.4, 0.5) is 14.6 Å². The molecule has 2 N–H and O–H groups in total. The van der Waals surface area contributed by atoms with Crippen molar-refractivity contribution in [2.24, 2.45) is 4.99 Å². The Labute approximate surface area is 154 Å². The molecule has 27 heavy (non-hydrogen) atoms. The van der Waals surface area contributed by atoms with Gasteiger partial charge >= 0.3 is 0 Å². The van der Waals surface area contributed by atoms with Crippen molar-refractivity contribution in [2.75, 3.05) is 5.32 Å². The zero-order chi connectivity index (χ0) is 19.2. The fourth-order valence-electron chi connectivity index (χ4n) is 2.85. The molecule has 0 amide bonds. The van der Waals surface area contributed by atoms with E-state index in [-0.39, 0.29) is 6.04 Å². The summed E-state index contributed by atoms with van der Waals surface area (Å²) in [5, 5.41) is 7.41. The summed E-state index contributed by atoms with van der Waals surface area (Å²) in [5.41, 5.74) is 3.87. The molecule has 0 radical (unpaired) electrons. The molecular weight excluding hydrogens is 354 g/mol. The lowest BCUT2D eigenvalue weighted by atomic mass is 10.1. The molecule has 9 heteroatoms. The molecule has 0 fully saturated rings. The highest BCUT2D eigenvalue weighted by molar-refractivity contribution is 6.03. The van der Waals surface area contributed by atoms with E-state index in [1.54, 1.807) is 29.9 Å². The van der Waals surface area contributed by atoms with Crippen LogP contribution in [0.25, 0.3) is 5.65 Å². The zero-order valence-electron chi connectivity index (χ0n) is 15.0. The minimum absolute atomic E-state index is 0.347. The van der Waals surface area contributed by atoms with E-state index in [4.69, 9.17) is 4.84 Å². The van der Waals surface area contributed by atoms with Crippen molar-refractivity contribution in [1.29, 1.82) is 0 Å². The SMILES string of the molecule is C[C@@H](Nc1ccn2ncc(C3=NC(C)(C)ON3)c2n1)c1cc(F)cc(F)c1. The number of aromatic nitrogens is 3. The second-order valence-electron chi connectivity index (χ2n) is 6.82. The van der Waals surface area contributed by atoms with Gasteiger partial charge < -0.3 is 5.32 Å². The molecule has 0 unspecified atom stereocenters. The normalized spacial score (nSPS) is 16.9. The van der Waals surface area contributed by atoms with E-state index in [0.29, 0.717) is 28.4 Å². The maximum Gasteiger partial charge on any atom is 0.182 e. The molecule has 3 aromatic rings. The standard InChI is InChI=1S/C18H18F2N6O/c1-10(11-6-12(19)8-13(20)7-11)22-15-4-5-26-17(23-15)14(9-21-26)16-24-18(2,3)27-25-16/h4-10H,1-3H3,(H,22,23)(H,24,25)/t10-/m1/s1. The van der Waals surface area contributed by atoms with Gasteiger partial charge in [-0.25, -0.2) is 33.6 Å². The number of hydroxylamine groups is 1. The van der Waals surface area contributed by atoms with E-state index < -0.39 is 17.4 Å². The number of hydrogen-bond donors (Lipinski definition) is 2. The van der Waals surface area contributed by atoms with Gasteiger partial charge in [-0.3, -0.25) is 0 Å². The molecule has 140 valence electrons. The van der Waals surface area contributed by atoms with Gasteiger partial charge in [-0.15, -0.1) is 0 Å². The number of halogens is 2. The van der Waals surface area contributed by atoms with Crippen molar-refractivity contribution in [3.05, 3.63) is 59.4 Å². The number of fused-ring (bicyclic) bond motifs is 1. The molecule has 3 heterocycles. The number of hydrogen-bond acceptors (Lipinski definition) is 6. The van der Waals surface area contributed by atoms with Gasteiger partial charge in [0.15, 0.2) is 17.2 Å². The van der Waals surface area contributed by atoms with Crippen molar-refractivity contribution in [2.45, 2.75) is 32.5 Å². The largest absolute Gasteiger partial charge is 0.363 e. The maximum atomic E-state index is 13.5. The van der Waals surface area contributed by atoms with Gasteiger partial charge in [-0.2, -0.15) is 5.10 Å². The van der Waals surface area contributed by atoms with Crippen LogP contribution < -0.4 is 10.8 Å². The summed E-state index contributed by atoms with van der Waals surface area (Å²) in [6.45, 7) is 5.47. The monoisotopic (exact) mass is 372 g/mol. The molecule has 0 saturated carbocycles. The molecule has 0 bridgehead atoms. The summed E-state index contributed by atoms with van der Waals surface area (Å²) in [6, 6.07) is 4.82. The molecule has 2 aromatic heterocycles. The summed E-state index contributed by atoms with van der Waals surface area (Å²) in [7, 11) is 0. The second kappa shape index (κ2) is 6.27. The van der Waals surface area contributed by atoms with Gasteiger partial charge in [0.25, 0.3) is 0 Å². The quantitative estimate of drug-likeness (QED) is 0.736. The first-order valence-corrected chi connectivity index (χ1v) is 8.42. The fourth-order valence-corrected chi connectivity index (χ4v) is 2.85. The van der Waals surface area contributed by atoms with E-state index in [0.717, 1.165) is 6.07 Å². The first-order valence-electron chi connectivity index (χ1n) is 8.42. The Morgan fingerprint density at radius 2 is 1.96 bits per heavy atom. The van der Waals surface area contributed by atoms with E-state index >= 15 is 0 Å². The lowest BCUT2D eigenvalue weighted by Gasteiger charge is -2.15. The zero-order valence-corrected chi connectivity index (χ0v) is 15.0. The number of nitrogens with one attached hydrogen (secondary N) is 2. The van der Waals surface area contributed by atoms with Crippen molar-refractivity contribution in [1.82, 2.24) is 20.1 Å². The van der Waals surface area contributed by atoms with Gasteiger partial charge in [0.05, 0.1) is 17.8 Å². The maximum absolute atomic E-state index is 13.5. The number of aliphatic imine (C=N–C) groups is 1. The Bertz CT molecular complexity index is 1030. The predicted molar refractivity (Wildman–Crippen MR) is 96.2 cm³/mol. The Kier molecular flexibility index (Phi) is 4.03. The molecule has 4 rings (SSSR count). The average molecular weight is 372 g/mol. The van der Waals surface area contributed by atoms with Crippen LogP contribution in [0.2, 0.25) is 0 Å². The van der Waals surface area contributed by atoms with E-state index in [1.165, 1.54) is 12.1 Å². The van der Waals surface area contributed by atoms with Crippen LogP contribution in [0.1, 0.15) is 37.9 Å². The smallest absolute Gasteiger partial charge is 0.182 e. The predicted octanol–water partition coefficient (Wildman–Crippen LogP) is 3.20. The number of benzene rings is 1. The molecular formula is C18H18F2N6O. The fraction of sp³-hybridized carbons (Fsp3) is 0.278. The minimum atomic E-state index is -0.671. The lowest BCUT2D eigenvalue weighted by molar-refractivity contribution is -0.0269. The Morgan fingerprint density at radius 1 is 1.22 bits per heavy atom. The van der Waals surface area contributed by atoms with Gasteiger partial charge in [-0.1, -0.05) is 0 Å². The molecule has 1 aliphatic heterocycles. The Hall–Kier alpha value is -3.07. The first kappa shape index (κ1) is 17.3. The number of anilines is 1. The number of amidine groups is 1. The number of rotatable bonds is 4. The second-order valence-corrected chi connectivity index (χ2v) is 6.82. The third kappa shape index (κ3) is 3.45. The molecule has 1 atom stereocenters. The van der Waals surface area contributed by atoms with Crippen LogP contribution in [-0.2, 0) is 4.84 Å². The highest BCUT2D eigenvalue weighted by Crippen LogP contribution is 2.23. The van der Waals surface area contributed by atoms with Crippen LogP contribution >= 0.6 is 0 Å². The Morgan fingerprint density at radius 3 is 2.63 bits per heavy atom. The van der Waals surface area contributed by atoms with E-state index in [1.807, 2.05) is 13.8 Å². The summed E-state index contributed by atoms with van der Waals surface area (Å²) in [5.74, 6) is -0.152. The van der Waals surface area contributed by atoms with Crippen molar-refractivity contribution >= 4 is 17.3 Å². The van der Waals surface area contributed by atoms with E-state index in [9.17, 15) is 8.78 Å². The van der Waals surface area contributed by atoms with Crippen molar-refractivity contribution in [3.63, 3.8) is 0 Å². The first-order chi connectivity index (χ1) is 12.8. The lowest BCUT2D eigenvalue weighted by Crippen LogP contribution is -2.23. The van der Waals surface area contributed by atoms with Crippen LogP contribution in [-0.4, -0.2) is 26.2 Å². The van der Waals surface area contributed by atoms with E-state index in [2.05, 4.69) is 25.9 Å². The molecule has 0 saturated heterocycles. The van der Waals surface area contributed by atoms with Crippen LogP contribution in [0.3, 0.4) is 0 Å². The van der Waals surface area contributed by atoms with Crippen molar-refractivity contribution < 1.29 is 13.6 Å². The average Bonchev–Trinajstić information content (AvgIpc) is 3.16. The molecule has 0 spiro atoms. The highest BCUT2D eigenvalue weighted by atomic mass is 19.1. The molecule has 1 aliphatic rings. The van der Waals surface area contributed by atoms with Gasteiger partial charge in [0, 0.05) is 12.3 Å². The Balaban J connectivity index is 1.64. The summed E-state index contributed by atoms with van der Waals surface area (Å²) in [4.78, 5) is 14.4. The van der Waals surface area contributed by atoms with Crippen molar-refractivity contribution in [3.8, 4) is 0 Å². The molecule has 0 aliphatic carbocycles. The highest BCUT2D eigenvalue weighted by Gasteiger charge is 2.28. The summed E-state index contributed by atoms with van der Waals surface area (Å²) in [6.07, 6.45) is 3.39. The molecule has 1 aromatic carbocycles. The summed E-state index contributed by atoms with van der Waals surface area (Å²) < 4.78 is 28.5. The van der Waals surface area contributed by atoms with Crippen LogP contribution in [0, 0.1) is 11.6 Å². The third-order valence-corrected chi connectivity index (χ3v) is 4.15. The minimum Gasteiger partial charge on any atom is -0.363 e. The van der Waals surface area contributed by atoms with Crippen LogP contribution in [0.5, 0.6) is 0 Å². The summed E-state index contributed by atoms with van der Waals surface area (Å²) >= 11 is 0. The van der Waals surface area contributed by atoms with Gasteiger partial charge in [-0.05, 0) is 44.5 Å². The van der Waals surface area contributed by atoms with Crippen LogP contribution in [0.15, 0.2) is 41.7 Å². The third-order valence-electron chi connectivity index (χ3n) is 4.15. The van der Waals surface area contributed by atoms with Gasteiger partial charge in [0.2, 0.25) is 0 Å². The topological polar surface area (TPSA) is 75.8 Å². The number of nitrogens with zero attached hydrogens (tertiary/aromatic N) is 4. The molecule has 7 nitrogen and oxygen atoms in total. The van der Waals surface area contributed by atoms with Gasteiger partial charge in [0.1, 0.15) is 17.5 Å².